The van der Waals surface area contributed by atoms with E-state index in [2.05, 4.69) is 29.2 Å². The maximum Gasteiger partial charge on any atom is 0.257 e. The molecule has 20 heavy (non-hydrogen) atoms. The van der Waals surface area contributed by atoms with Crippen LogP contribution in [0.15, 0.2) is 18.3 Å². The number of amides is 1. The van der Waals surface area contributed by atoms with Crippen LogP contribution < -0.4 is 11.3 Å². The molecule has 1 aromatic heterocycles. The van der Waals surface area contributed by atoms with Crippen LogP contribution in [0.3, 0.4) is 0 Å². The molecule has 1 unspecified atom stereocenters. The van der Waals surface area contributed by atoms with E-state index in [4.69, 9.17) is 5.84 Å². The number of hydrogen-bond donors (Lipinski definition) is 2. The number of carbonyl (C=O) groups is 1. The van der Waals surface area contributed by atoms with Crippen LogP contribution in [0, 0.1) is 0 Å². The third-order valence-electron chi connectivity index (χ3n) is 3.99. The molecule has 6 nitrogen and oxygen atoms in total. The van der Waals surface area contributed by atoms with E-state index in [1.165, 1.54) is 0 Å². The lowest BCUT2D eigenvalue weighted by Gasteiger charge is -2.37. The van der Waals surface area contributed by atoms with E-state index in [1.807, 2.05) is 4.90 Å². The molecule has 110 valence electrons. The number of hydrazine groups is 1. The van der Waals surface area contributed by atoms with Crippen molar-refractivity contribution in [2.45, 2.75) is 26.3 Å². The van der Waals surface area contributed by atoms with Crippen molar-refractivity contribution in [1.29, 1.82) is 0 Å². The predicted molar refractivity (Wildman–Crippen MR) is 79.3 cm³/mol. The molecular weight excluding hydrogens is 254 g/mol. The zero-order valence-corrected chi connectivity index (χ0v) is 12.2. The van der Waals surface area contributed by atoms with E-state index < -0.39 is 0 Å². The number of piperazine rings is 1. The highest BCUT2D eigenvalue weighted by Gasteiger charge is 2.25. The lowest BCUT2D eigenvalue weighted by atomic mass is 10.1. The molecule has 1 saturated heterocycles. The van der Waals surface area contributed by atoms with Crippen molar-refractivity contribution in [3.63, 3.8) is 0 Å². The van der Waals surface area contributed by atoms with Gasteiger partial charge in [0.2, 0.25) is 0 Å². The molecule has 1 aromatic rings. The summed E-state index contributed by atoms with van der Waals surface area (Å²) >= 11 is 0. The van der Waals surface area contributed by atoms with Crippen LogP contribution in [-0.4, -0.2) is 52.9 Å². The Balaban J connectivity index is 2.01. The maximum absolute atomic E-state index is 12.5. The van der Waals surface area contributed by atoms with Gasteiger partial charge in [0, 0.05) is 38.4 Å². The summed E-state index contributed by atoms with van der Waals surface area (Å²) in [5.74, 6) is 5.83. The number of rotatable bonds is 4. The third kappa shape index (κ3) is 3.08. The van der Waals surface area contributed by atoms with Crippen LogP contribution in [0.25, 0.3) is 0 Å². The lowest BCUT2D eigenvalue weighted by Crippen LogP contribution is -2.51. The van der Waals surface area contributed by atoms with E-state index in [-0.39, 0.29) is 5.91 Å². The first-order valence-corrected chi connectivity index (χ1v) is 7.12. The van der Waals surface area contributed by atoms with E-state index in [0.29, 0.717) is 17.4 Å². The molecule has 2 rings (SSSR count). The van der Waals surface area contributed by atoms with E-state index in [1.54, 1.807) is 18.3 Å². The first-order valence-electron chi connectivity index (χ1n) is 7.12. The number of nitrogens with two attached hydrogens (primary N) is 1. The van der Waals surface area contributed by atoms with Crippen LogP contribution in [0.2, 0.25) is 0 Å². The normalized spacial score (nSPS) is 17.9. The fourth-order valence-electron chi connectivity index (χ4n) is 2.49. The average molecular weight is 277 g/mol. The second kappa shape index (κ2) is 6.67. The molecule has 1 aliphatic heterocycles. The SMILES string of the molecule is CCC(C)N1CCN(C(=O)c2cccnc2NN)CC1. The molecule has 1 fully saturated rings. The molecule has 0 bridgehead atoms. The van der Waals surface area contributed by atoms with Gasteiger partial charge in [0.1, 0.15) is 0 Å². The van der Waals surface area contributed by atoms with Crippen molar-refractivity contribution in [3.05, 3.63) is 23.9 Å². The fraction of sp³-hybridized carbons (Fsp3) is 0.571. The number of hydrogen-bond acceptors (Lipinski definition) is 5. The monoisotopic (exact) mass is 277 g/mol. The van der Waals surface area contributed by atoms with Gasteiger partial charge in [-0.2, -0.15) is 0 Å². The van der Waals surface area contributed by atoms with Crippen molar-refractivity contribution in [2.75, 3.05) is 31.6 Å². The van der Waals surface area contributed by atoms with Crippen LogP contribution in [0.4, 0.5) is 5.82 Å². The Bertz CT molecular complexity index is 457. The molecule has 1 amide bonds. The standard InChI is InChI=1S/C14H23N5O/c1-3-11(2)18-7-9-19(10-8-18)14(20)12-5-4-6-16-13(12)17-15/h4-6,11H,3,7-10,15H2,1-2H3,(H,16,17). The Morgan fingerprint density at radius 1 is 1.45 bits per heavy atom. The molecule has 0 spiro atoms. The van der Waals surface area contributed by atoms with Crippen molar-refractivity contribution in [3.8, 4) is 0 Å². The maximum atomic E-state index is 12.5. The van der Waals surface area contributed by atoms with Gasteiger partial charge in [-0.05, 0) is 25.5 Å². The third-order valence-corrected chi connectivity index (χ3v) is 3.99. The Kier molecular flexibility index (Phi) is 4.92. The quantitative estimate of drug-likeness (QED) is 0.632. The summed E-state index contributed by atoms with van der Waals surface area (Å²) in [6.45, 7) is 7.77. The van der Waals surface area contributed by atoms with Gasteiger partial charge < -0.3 is 10.3 Å². The first kappa shape index (κ1) is 14.7. The summed E-state index contributed by atoms with van der Waals surface area (Å²) in [6, 6.07) is 4.08. The van der Waals surface area contributed by atoms with Gasteiger partial charge in [0.25, 0.3) is 5.91 Å². The van der Waals surface area contributed by atoms with Gasteiger partial charge in [-0.3, -0.25) is 9.69 Å². The molecule has 2 heterocycles. The Hall–Kier alpha value is -1.66. The second-order valence-corrected chi connectivity index (χ2v) is 5.13. The number of carbonyl (C=O) groups excluding carboxylic acids is 1. The van der Waals surface area contributed by atoms with Crippen LogP contribution in [-0.2, 0) is 0 Å². The molecular formula is C14H23N5O. The summed E-state index contributed by atoms with van der Waals surface area (Å²) in [4.78, 5) is 20.9. The van der Waals surface area contributed by atoms with Gasteiger partial charge in [-0.1, -0.05) is 6.92 Å². The number of anilines is 1. The molecule has 3 N–H and O–H groups in total. The zero-order chi connectivity index (χ0) is 14.5. The average Bonchev–Trinajstić information content (AvgIpc) is 2.53. The summed E-state index contributed by atoms with van der Waals surface area (Å²) in [7, 11) is 0. The van der Waals surface area contributed by atoms with Crippen LogP contribution in [0.1, 0.15) is 30.6 Å². The minimum absolute atomic E-state index is 0.00477. The van der Waals surface area contributed by atoms with E-state index in [9.17, 15) is 4.79 Å². The number of nitrogen functional groups attached to an aromatic ring is 1. The zero-order valence-electron chi connectivity index (χ0n) is 12.2. The fourth-order valence-corrected chi connectivity index (χ4v) is 2.49. The largest absolute Gasteiger partial charge is 0.336 e. The number of nitrogens with one attached hydrogen (secondary N) is 1. The number of pyridine rings is 1. The summed E-state index contributed by atoms with van der Waals surface area (Å²) in [5, 5.41) is 0. The molecule has 0 aromatic carbocycles. The first-order chi connectivity index (χ1) is 9.67. The van der Waals surface area contributed by atoms with Crippen molar-refractivity contribution in [1.82, 2.24) is 14.8 Å². The highest BCUT2D eigenvalue weighted by atomic mass is 16.2. The van der Waals surface area contributed by atoms with Gasteiger partial charge in [-0.25, -0.2) is 10.8 Å². The smallest absolute Gasteiger partial charge is 0.257 e. The molecule has 0 aliphatic carbocycles. The van der Waals surface area contributed by atoms with Crippen LogP contribution in [0.5, 0.6) is 0 Å². The minimum Gasteiger partial charge on any atom is -0.336 e. The topological polar surface area (TPSA) is 74.5 Å². The Morgan fingerprint density at radius 2 is 2.15 bits per heavy atom. The van der Waals surface area contributed by atoms with Gasteiger partial charge in [0.15, 0.2) is 5.82 Å². The van der Waals surface area contributed by atoms with E-state index >= 15 is 0 Å². The minimum atomic E-state index is -0.00477. The van der Waals surface area contributed by atoms with Crippen molar-refractivity contribution >= 4 is 11.7 Å². The Morgan fingerprint density at radius 3 is 2.75 bits per heavy atom. The molecule has 0 radical (unpaired) electrons. The van der Waals surface area contributed by atoms with Crippen LogP contribution >= 0.6 is 0 Å². The number of nitrogens with zero attached hydrogens (tertiary/aromatic N) is 3. The summed E-state index contributed by atoms with van der Waals surface area (Å²) in [6.07, 6.45) is 2.75. The van der Waals surface area contributed by atoms with Crippen molar-refractivity contribution < 1.29 is 4.79 Å². The molecule has 6 heteroatoms. The second-order valence-electron chi connectivity index (χ2n) is 5.13. The highest BCUT2D eigenvalue weighted by molar-refractivity contribution is 5.98. The number of aromatic nitrogens is 1. The molecule has 1 aliphatic rings. The lowest BCUT2D eigenvalue weighted by molar-refractivity contribution is 0.0580. The van der Waals surface area contributed by atoms with E-state index in [0.717, 1.165) is 32.6 Å². The molecule has 1 atom stereocenters. The van der Waals surface area contributed by atoms with Gasteiger partial charge >= 0.3 is 0 Å². The van der Waals surface area contributed by atoms with Gasteiger partial charge in [0.05, 0.1) is 5.56 Å². The summed E-state index contributed by atoms with van der Waals surface area (Å²) in [5.41, 5.74) is 3.02. The Labute approximate surface area is 119 Å². The van der Waals surface area contributed by atoms with Crippen molar-refractivity contribution in [2.24, 2.45) is 5.84 Å². The summed E-state index contributed by atoms with van der Waals surface area (Å²) < 4.78 is 0. The highest BCUT2D eigenvalue weighted by Crippen LogP contribution is 2.16. The predicted octanol–water partition coefficient (Wildman–Crippen LogP) is 0.924. The molecule has 0 saturated carbocycles. The van der Waals surface area contributed by atoms with Gasteiger partial charge in [-0.15, -0.1) is 0 Å².